The van der Waals surface area contributed by atoms with Gasteiger partial charge in [-0.1, -0.05) is 0 Å². The van der Waals surface area contributed by atoms with Crippen LogP contribution in [0, 0.1) is 0 Å². The lowest BCUT2D eigenvalue weighted by Gasteiger charge is -2.34. The predicted octanol–water partition coefficient (Wildman–Crippen LogP) is 2.21. The molecule has 0 saturated carbocycles. The predicted molar refractivity (Wildman–Crippen MR) is 65.9 cm³/mol. The van der Waals surface area contributed by atoms with Crippen LogP contribution in [-0.4, -0.2) is 44.1 Å². The highest BCUT2D eigenvalue weighted by molar-refractivity contribution is 7.44. The molecule has 0 fully saturated rings. The Morgan fingerprint density at radius 2 is 1.73 bits per heavy atom. The van der Waals surface area contributed by atoms with Gasteiger partial charge in [0.15, 0.2) is 0 Å². The molecule has 5 heteroatoms. The molecule has 0 bridgehead atoms. The minimum absolute atomic E-state index is 0.436. The Labute approximate surface area is 95.3 Å². The van der Waals surface area contributed by atoms with E-state index in [1.54, 1.807) is 7.11 Å². The maximum absolute atomic E-state index is 5.72. The van der Waals surface area contributed by atoms with Gasteiger partial charge in [0.05, 0.1) is 6.61 Å². The zero-order valence-electron chi connectivity index (χ0n) is 10.8. The molecule has 15 heavy (non-hydrogen) atoms. The number of likely N-dealkylation sites (N-methyl/N-ethyl adjacent to an activating group) is 1. The van der Waals surface area contributed by atoms with Crippen LogP contribution < -0.4 is 5.32 Å². The number of hydrogen-bond donors (Lipinski definition) is 1. The summed E-state index contributed by atoms with van der Waals surface area (Å²) in [6.45, 7) is 10.2. The maximum Gasteiger partial charge on any atom is 0.258 e. The zero-order chi connectivity index (χ0) is 11.8. The molecule has 0 aliphatic rings. The first kappa shape index (κ1) is 15.3. The lowest BCUT2D eigenvalue weighted by Crippen LogP contribution is -2.33. The average molecular weight is 236 g/mol. The van der Waals surface area contributed by atoms with Gasteiger partial charge in [0, 0.05) is 25.7 Å². The highest BCUT2D eigenvalue weighted by Gasteiger charge is 2.25. The number of nitrogens with zero attached hydrogens (tertiary/aromatic N) is 1. The SMILES string of the molecule is CNCCOP(OC)N(C(C)C)C(C)C. The van der Waals surface area contributed by atoms with E-state index in [1.807, 2.05) is 7.05 Å². The molecule has 0 saturated heterocycles. The third-order valence-corrected chi connectivity index (χ3v) is 3.97. The smallest absolute Gasteiger partial charge is 0.258 e. The third-order valence-electron chi connectivity index (χ3n) is 1.96. The second-order valence-corrected chi connectivity index (χ2v) is 5.49. The Morgan fingerprint density at radius 1 is 1.20 bits per heavy atom. The molecule has 0 aromatic carbocycles. The van der Waals surface area contributed by atoms with E-state index < -0.39 is 8.53 Å². The summed E-state index contributed by atoms with van der Waals surface area (Å²) in [5.41, 5.74) is 0. The fourth-order valence-corrected chi connectivity index (χ4v) is 2.84. The topological polar surface area (TPSA) is 33.7 Å². The molecule has 1 unspecified atom stereocenters. The van der Waals surface area contributed by atoms with E-state index in [9.17, 15) is 0 Å². The summed E-state index contributed by atoms with van der Waals surface area (Å²) in [4.78, 5) is 0. The minimum Gasteiger partial charge on any atom is -0.325 e. The van der Waals surface area contributed by atoms with Crippen molar-refractivity contribution >= 4 is 8.53 Å². The second-order valence-electron chi connectivity index (χ2n) is 3.92. The molecule has 92 valence electrons. The van der Waals surface area contributed by atoms with Gasteiger partial charge in [-0.3, -0.25) is 0 Å². The standard InChI is InChI=1S/C10H25N2O2P/c1-9(2)12(10(3)4)15(13-6)14-8-7-11-5/h9-11H,7-8H2,1-6H3. The van der Waals surface area contributed by atoms with Crippen LogP contribution in [0.4, 0.5) is 0 Å². The molecule has 4 nitrogen and oxygen atoms in total. The molecule has 0 spiro atoms. The fourth-order valence-electron chi connectivity index (χ4n) is 1.41. The molecule has 0 radical (unpaired) electrons. The largest absolute Gasteiger partial charge is 0.325 e. The van der Waals surface area contributed by atoms with Crippen molar-refractivity contribution in [1.29, 1.82) is 0 Å². The second kappa shape index (κ2) is 8.43. The maximum atomic E-state index is 5.72. The van der Waals surface area contributed by atoms with Crippen LogP contribution in [-0.2, 0) is 9.05 Å². The Kier molecular flexibility index (Phi) is 8.58. The normalized spacial score (nSPS) is 14.2. The molecule has 0 aromatic rings. The van der Waals surface area contributed by atoms with Gasteiger partial charge in [0.25, 0.3) is 8.53 Å². The molecular weight excluding hydrogens is 211 g/mol. The van der Waals surface area contributed by atoms with Gasteiger partial charge in [0.1, 0.15) is 0 Å². The first-order valence-electron chi connectivity index (χ1n) is 5.44. The van der Waals surface area contributed by atoms with Gasteiger partial charge < -0.3 is 14.4 Å². The Hall–Kier alpha value is 0.270. The minimum atomic E-state index is -0.919. The number of hydrogen-bond acceptors (Lipinski definition) is 4. The molecule has 0 aliphatic heterocycles. The molecular formula is C10H25N2O2P. The van der Waals surface area contributed by atoms with Crippen LogP contribution in [0.25, 0.3) is 0 Å². The number of nitrogens with one attached hydrogen (secondary N) is 1. The first-order chi connectivity index (χ1) is 7.04. The summed E-state index contributed by atoms with van der Waals surface area (Å²) in [5, 5.41) is 3.06. The van der Waals surface area contributed by atoms with Gasteiger partial charge in [0.2, 0.25) is 0 Å². The summed E-state index contributed by atoms with van der Waals surface area (Å²) < 4.78 is 13.4. The Balaban J connectivity index is 4.19. The molecule has 0 aromatic heterocycles. The van der Waals surface area contributed by atoms with Crippen molar-refractivity contribution in [3.05, 3.63) is 0 Å². The zero-order valence-corrected chi connectivity index (χ0v) is 11.7. The quantitative estimate of drug-likeness (QED) is 0.517. The Bertz CT molecular complexity index is 148. The average Bonchev–Trinajstić information content (AvgIpc) is 2.15. The van der Waals surface area contributed by atoms with E-state index in [1.165, 1.54) is 0 Å². The third kappa shape index (κ3) is 5.79. The lowest BCUT2D eigenvalue weighted by molar-refractivity contribution is 0.195. The van der Waals surface area contributed by atoms with Crippen molar-refractivity contribution in [1.82, 2.24) is 9.99 Å². The van der Waals surface area contributed by atoms with Gasteiger partial charge in [-0.25, -0.2) is 4.67 Å². The summed E-state index contributed by atoms with van der Waals surface area (Å²) >= 11 is 0. The van der Waals surface area contributed by atoms with Crippen LogP contribution in [0.5, 0.6) is 0 Å². The van der Waals surface area contributed by atoms with E-state index >= 15 is 0 Å². The van der Waals surface area contributed by atoms with Crippen molar-refractivity contribution in [2.75, 3.05) is 27.3 Å². The van der Waals surface area contributed by atoms with Crippen LogP contribution in [0.3, 0.4) is 0 Å². The van der Waals surface area contributed by atoms with E-state index in [-0.39, 0.29) is 0 Å². The molecule has 0 amide bonds. The molecule has 0 aliphatic carbocycles. The monoisotopic (exact) mass is 236 g/mol. The summed E-state index contributed by atoms with van der Waals surface area (Å²) in [6, 6.07) is 0.872. The molecule has 0 rings (SSSR count). The first-order valence-corrected chi connectivity index (χ1v) is 6.57. The van der Waals surface area contributed by atoms with Crippen molar-refractivity contribution in [2.24, 2.45) is 0 Å². The highest BCUT2D eigenvalue weighted by atomic mass is 31.2. The van der Waals surface area contributed by atoms with E-state index in [0.717, 1.165) is 6.54 Å². The molecule has 1 atom stereocenters. The van der Waals surface area contributed by atoms with E-state index in [0.29, 0.717) is 18.7 Å². The Morgan fingerprint density at radius 3 is 2.07 bits per heavy atom. The van der Waals surface area contributed by atoms with E-state index in [4.69, 9.17) is 9.05 Å². The van der Waals surface area contributed by atoms with Gasteiger partial charge in [-0.2, -0.15) is 0 Å². The van der Waals surface area contributed by atoms with Crippen LogP contribution in [0.2, 0.25) is 0 Å². The molecule has 0 heterocycles. The van der Waals surface area contributed by atoms with Crippen molar-refractivity contribution in [2.45, 2.75) is 39.8 Å². The highest BCUT2D eigenvalue weighted by Crippen LogP contribution is 2.44. The van der Waals surface area contributed by atoms with Crippen LogP contribution >= 0.6 is 8.53 Å². The molecule has 1 N–H and O–H groups in total. The lowest BCUT2D eigenvalue weighted by atomic mass is 10.3. The number of rotatable bonds is 8. The summed E-state index contributed by atoms with van der Waals surface area (Å²) in [7, 11) is 2.71. The van der Waals surface area contributed by atoms with Gasteiger partial charge >= 0.3 is 0 Å². The van der Waals surface area contributed by atoms with Gasteiger partial charge in [-0.05, 0) is 34.7 Å². The summed E-state index contributed by atoms with van der Waals surface area (Å²) in [6.07, 6.45) is 0. The van der Waals surface area contributed by atoms with Crippen LogP contribution in [0.15, 0.2) is 0 Å². The fraction of sp³-hybridized carbons (Fsp3) is 1.00. The van der Waals surface area contributed by atoms with Crippen molar-refractivity contribution in [3.63, 3.8) is 0 Å². The van der Waals surface area contributed by atoms with Gasteiger partial charge in [-0.15, -0.1) is 0 Å². The van der Waals surface area contributed by atoms with Crippen molar-refractivity contribution in [3.8, 4) is 0 Å². The van der Waals surface area contributed by atoms with Crippen LogP contribution in [0.1, 0.15) is 27.7 Å². The van der Waals surface area contributed by atoms with E-state index in [2.05, 4.69) is 37.7 Å². The summed E-state index contributed by atoms with van der Waals surface area (Å²) in [5.74, 6) is 0. The van der Waals surface area contributed by atoms with Crippen molar-refractivity contribution < 1.29 is 9.05 Å².